The molecule has 0 amide bonds. The van der Waals surface area contributed by atoms with Gasteiger partial charge in [0.05, 0.1) is 0 Å². The summed E-state index contributed by atoms with van der Waals surface area (Å²) in [5, 5.41) is 7.41. The van der Waals surface area contributed by atoms with Gasteiger partial charge in [-0.1, -0.05) is 200 Å². The quantitative estimate of drug-likeness (QED) is 0.160. The highest BCUT2D eigenvalue weighted by atomic mass is 15.2. The number of benzene rings is 11. The zero-order valence-corrected chi connectivity index (χ0v) is 34.5. The topological polar surface area (TPSA) is 6.48 Å². The standard InChI is InChI=1S/C60H39BN2/c1-3-14-40(15-4-1)42-26-32-48(33-27-42)62-56-38-47(51-25-13-21-44-18-7-10-22-50(44)51)39-57-58(56)61(54-36-30-45-19-8-11-23-52(45)59(54)62)55-37-31-46-20-9-12-24-53(46)60(55)63(57)49-34-28-43(29-35-49)41-16-5-2-6-17-41/h1-39H. The van der Waals surface area contributed by atoms with E-state index in [2.05, 4.69) is 246 Å². The molecule has 2 nitrogen and oxygen atoms in total. The van der Waals surface area contributed by atoms with Crippen molar-refractivity contribution in [3.63, 3.8) is 0 Å². The molecule has 292 valence electrons. The fourth-order valence-electron chi connectivity index (χ4n) is 10.6. The van der Waals surface area contributed by atoms with E-state index in [1.54, 1.807) is 0 Å². The van der Waals surface area contributed by atoms with E-state index in [9.17, 15) is 0 Å². The molecule has 0 saturated carbocycles. The van der Waals surface area contributed by atoms with E-state index in [4.69, 9.17) is 0 Å². The first-order valence-electron chi connectivity index (χ1n) is 21.9. The summed E-state index contributed by atoms with van der Waals surface area (Å²) in [6.45, 7) is -0.0181. The molecule has 3 heteroatoms. The molecule has 0 spiro atoms. The van der Waals surface area contributed by atoms with E-state index in [0.717, 1.165) is 11.4 Å². The zero-order valence-electron chi connectivity index (χ0n) is 34.5. The number of fused-ring (bicyclic) bond motifs is 9. The molecule has 0 atom stereocenters. The van der Waals surface area contributed by atoms with E-state index < -0.39 is 0 Å². The fourth-order valence-corrected chi connectivity index (χ4v) is 10.6. The third kappa shape index (κ3) is 5.60. The highest BCUT2D eigenvalue weighted by Crippen LogP contribution is 2.49. The van der Waals surface area contributed by atoms with Crippen molar-refractivity contribution in [1.29, 1.82) is 0 Å². The van der Waals surface area contributed by atoms with Crippen LogP contribution in [0.15, 0.2) is 237 Å². The molecule has 2 aliphatic rings. The van der Waals surface area contributed by atoms with Crippen molar-refractivity contribution in [3.05, 3.63) is 237 Å². The SMILES string of the molecule is c1ccc(-c2ccc(N3c4cc(-c5cccc6ccccc56)cc5c4B(c4ccc6ccccc6c43)c3ccc4ccccc4c3N5c3ccc(-c4ccccc4)cc3)cc2)cc1. The van der Waals surface area contributed by atoms with Crippen LogP contribution in [0.25, 0.3) is 65.7 Å². The van der Waals surface area contributed by atoms with Crippen molar-refractivity contribution in [2.75, 3.05) is 9.80 Å². The van der Waals surface area contributed by atoms with E-state index in [0.29, 0.717) is 0 Å². The highest BCUT2D eigenvalue weighted by Gasteiger charge is 2.44. The molecule has 0 radical (unpaired) electrons. The molecule has 13 rings (SSSR count). The largest absolute Gasteiger partial charge is 0.311 e. The molecule has 0 fully saturated rings. The fraction of sp³-hybridized carbons (Fsp3) is 0. The Hall–Kier alpha value is -8.14. The van der Waals surface area contributed by atoms with Crippen LogP contribution in [0.1, 0.15) is 0 Å². The van der Waals surface area contributed by atoms with Crippen molar-refractivity contribution in [1.82, 2.24) is 0 Å². The summed E-state index contributed by atoms with van der Waals surface area (Å²) in [5.41, 5.74) is 18.3. The van der Waals surface area contributed by atoms with Crippen molar-refractivity contribution in [2.45, 2.75) is 0 Å². The first-order valence-corrected chi connectivity index (χ1v) is 21.9. The second kappa shape index (κ2) is 14.2. The summed E-state index contributed by atoms with van der Waals surface area (Å²) in [7, 11) is 0. The van der Waals surface area contributed by atoms with Crippen LogP contribution in [-0.4, -0.2) is 6.71 Å². The molecule has 0 aromatic heterocycles. The van der Waals surface area contributed by atoms with Gasteiger partial charge in [-0.05, 0) is 108 Å². The third-order valence-corrected chi connectivity index (χ3v) is 13.4. The Kier molecular flexibility index (Phi) is 8.04. The smallest absolute Gasteiger partial charge is 0.252 e. The molecule has 0 bridgehead atoms. The van der Waals surface area contributed by atoms with Gasteiger partial charge < -0.3 is 9.80 Å². The minimum Gasteiger partial charge on any atom is -0.311 e. The lowest BCUT2D eigenvalue weighted by Gasteiger charge is -2.45. The van der Waals surface area contributed by atoms with Crippen LogP contribution in [0.4, 0.5) is 34.1 Å². The van der Waals surface area contributed by atoms with Crippen molar-refractivity contribution < 1.29 is 0 Å². The van der Waals surface area contributed by atoms with E-state index >= 15 is 0 Å². The van der Waals surface area contributed by atoms with Crippen LogP contribution in [0, 0.1) is 0 Å². The first-order chi connectivity index (χ1) is 31.3. The molecule has 63 heavy (non-hydrogen) atoms. The zero-order chi connectivity index (χ0) is 41.4. The highest BCUT2D eigenvalue weighted by molar-refractivity contribution is 7.00. The van der Waals surface area contributed by atoms with E-state index in [1.807, 2.05) is 0 Å². The lowest BCUT2D eigenvalue weighted by molar-refractivity contribution is 1.27. The Morgan fingerprint density at radius 2 is 0.683 bits per heavy atom. The van der Waals surface area contributed by atoms with Crippen LogP contribution in [0.5, 0.6) is 0 Å². The van der Waals surface area contributed by atoms with Gasteiger partial charge in [-0.2, -0.15) is 0 Å². The predicted octanol–water partition coefficient (Wildman–Crippen LogP) is 14.2. The van der Waals surface area contributed by atoms with Gasteiger partial charge in [0.15, 0.2) is 0 Å². The van der Waals surface area contributed by atoms with Crippen LogP contribution < -0.4 is 26.2 Å². The number of hydrogen-bond acceptors (Lipinski definition) is 2. The lowest BCUT2D eigenvalue weighted by Crippen LogP contribution is -2.61. The summed E-state index contributed by atoms with van der Waals surface area (Å²) in [5.74, 6) is 0. The molecule has 11 aromatic rings. The summed E-state index contributed by atoms with van der Waals surface area (Å²) >= 11 is 0. The number of anilines is 6. The van der Waals surface area contributed by atoms with Crippen LogP contribution >= 0.6 is 0 Å². The van der Waals surface area contributed by atoms with Gasteiger partial charge in [-0.15, -0.1) is 0 Å². The van der Waals surface area contributed by atoms with Gasteiger partial charge in [0.2, 0.25) is 0 Å². The molecular formula is C60H39BN2. The van der Waals surface area contributed by atoms with Crippen LogP contribution in [0.2, 0.25) is 0 Å². The van der Waals surface area contributed by atoms with Crippen molar-refractivity contribution in [3.8, 4) is 33.4 Å². The molecule has 0 N–H and O–H groups in total. The summed E-state index contributed by atoms with van der Waals surface area (Å²) in [6.07, 6.45) is 0. The number of hydrogen-bond donors (Lipinski definition) is 0. The normalized spacial score (nSPS) is 12.7. The maximum absolute atomic E-state index is 2.57. The molecule has 2 aliphatic heterocycles. The van der Waals surface area contributed by atoms with Crippen molar-refractivity contribution in [2.24, 2.45) is 0 Å². The van der Waals surface area contributed by atoms with Gasteiger partial charge >= 0.3 is 0 Å². The molecule has 11 aromatic carbocycles. The second-order valence-electron chi connectivity index (χ2n) is 16.8. The Morgan fingerprint density at radius 3 is 1.17 bits per heavy atom. The van der Waals surface area contributed by atoms with Gasteiger partial charge in [0, 0.05) is 44.9 Å². The Balaban J connectivity index is 1.15. The van der Waals surface area contributed by atoms with Gasteiger partial charge in [-0.25, -0.2) is 0 Å². The Morgan fingerprint density at radius 1 is 0.286 bits per heavy atom. The molecule has 0 unspecified atom stereocenters. The predicted molar refractivity (Wildman–Crippen MR) is 269 cm³/mol. The number of nitrogens with zero attached hydrogens (tertiary/aromatic N) is 2. The monoisotopic (exact) mass is 798 g/mol. The van der Waals surface area contributed by atoms with Crippen molar-refractivity contribution >= 4 is 89.5 Å². The molecule has 0 saturated heterocycles. The lowest BCUT2D eigenvalue weighted by atomic mass is 9.33. The van der Waals surface area contributed by atoms with Crippen LogP contribution in [-0.2, 0) is 0 Å². The summed E-state index contributed by atoms with van der Waals surface area (Å²) < 4.78 is 0. The van der Waals surface area contributed by atoms with Crippen LogP contribution in [0.3, 0.4) is 0 Å². The van der Waals surface area contributed by atoms with Gasteiger partial charge in [0.25, 0.3) is 6.71 Å². The molecule has 2 heterocycles. The number of rotatable bonds is 5. The third-order valence-electron chi connectivity index (χ3n) is 13.4. The average Bonchev–Trinajstić information content (AvgIpc) is 3.36. The second-order valence-corrected chi connectivity index (χ2v) is 16.8. The maximum Gasteiger partial charge on any atom is 0.252 e. The van der Waals surface area contributed by atoms with Gasteiger partial charge in [0.1, 0.15) is 0 Å². The first kappa shape index (κ1) is 35.6. The average molecular weight is 799 g/mol. The molecular weight excluding hydrogens is 759 g/mol. The van der Waals surface area contributed by atoms with Gasteiger partial charge in [-0.3, -0.25) is 0 Å². The van der Waals surface area contributed by atoms with E-state index in [-0.39, 0.29) is 6.71 Å². The minimum atomic E-state index is -0.0181. The van der Waals surface area contributed by atoms with E-state index in [1.165, 1.54) is 105 Å². The summed E-state index contributed by atoms with van der Waals surface area (Å²) in [6, 6.07) is 87.5. The Bertz CT molecular complexity index is 3360. The maximum atomic E-state index is 2.57. The Labute approximate surface area is 367 Å². The minimum absolute atomic E-state index is 0.0181. The summed E-state index contributed by atoms with van der Waals surface area (Å²) in [4.78, 5) is 5.14. The molecule has 0 aliphatic carbocycles.